The van der Waals surface area contributed by atoms with Crippen LogP contribution >= 0.6 is 23.2 Å². The Balaban J connectivity index is 1.42. The molecule has 0 fully saturated rings. The molecule has 24 heavy (non-hydrogen) atoms. The van der Waals surface area contributed by atoms with Crippen LogP contribution in [0.2, 0.25) is 10.0 Å². The smallest absolute Gasteiger partial charge is 0.319 e. The zero-order valence-electron chi connectivity index (χ0n) is 13.1. The number of amides is 2. The Morgan fingerprint density at radius 3 is 2.75 bits per heavy atom. The van der Waals surface area contributed by atoms with E-state index in [-0.39, 0.29) is 6.03 Å². The number of nitrogens with one attached hydrogen (secondary N) is 2. The van der Waals surface area contributed by atoms with E-state index in [9.17, 15) is 4.79 Å². The lowest BCUT2D eigenvalue weighted by Crippen LogP contribution is -2.32. The van der Waals surface area contributed by atoms with Gasteiger partial charge in [0, 0.05) is 5.02 Å². The highest BCUT2D eigenvalue weighted by Gasteiger charge is 2.11. The lowest BCUT2D eigenvalue weighted by atomic mass is 10.1. The maximum Gasteiger partial charge on any atom is 0.319 e. The maximum absolute atomic E-state index is 11.8. The molecule has 2 aromatic rings. The summed E-state index contributed by atoms with van der Waals surface area (Å²) in [5.41, 5.74) is 3.30. The fourth-order valence-corrected chi connectivity index (χ4v) is 3.18. The normalized spacial score (nSPS) is 12.6. The highest BCUT2D eigenvalue weighted by Crippen LogP contribution is 2.26. The lowest BCUT2D eigenvalue weighted by molar-refractivity contribution is 0.247. The molecule has 1 aliphatic carbocycles. The van der Waals surface area contributed by atoms with Crippen molar-refractivity contribution in [2.24, 2.45) is 0 Å². The second-order valence-corrected chi connectivity index (χ2v) is 6.48. The number of ether oxygens (including phenoxy) is 1. The van der Waals surface area contributed by atoms with Crippen LogP contribution in [0.3, 0.4) is 0 Å². The number of carbonyl (C=O) groups excluding carboxylic acids is 1. The summed E-state index contributed by atoms with van der Waals surface area (Å²) in [6, 6.07) is 10.8. The van der Waals surface area contributed by atoms with Gasteiger partial charge >= 0.3 is 6.03 Å². The van der Waals surface area contributed by atoms with E-state index < -0.39 is 0 Å². The molecule has 0 aromatic heterocycles. The molecular formula is C18H18Cl2N2O2. The molecule has 126 valence electrons. The molecule has 3 rings (SSSR count). The van der Waals surface area contributed by atoms with Crippen molar-refractivity contribution in [1.82, 2.24) is 5.32 Å². The van der Waals surface area contributed by atoms with Gasteiger partial charge in [0.25, 0.3) is 0 Å². The Labute approximate surface area is 151 Å². The Morgan fingerprint density at radius 1 is 1.08 bits per heavy atom. The molecule has 0 unspecified atom stereocenters. The molecule has 0 aliphatic heterocycles. The number of rotatable bonds is 5. The van der Waals surface area contributed by atoms with Gasteiger partial charge in [-0.1, -0.05) is 29.3 Å². The second-order valence-electron chi connectivity index (χ2n) is 5.64. The lowest BCUT2D eigenvalue weighted by Gasteiger charge is -2.11. The van der Waals surface area contributed by atoms with E-state index in [0.717, 1.165) is 18.6 Å². The van der Waals surface area contributed by atoms with Gasteiger partial charge in [0.2, 0.25) is 0 Å². The van der Waals surface area contributed by atoms with Gasteiger partial charge in [-0.3, -0.25) is 0 Å². The van der Waals surface area contributed by atoms with Crippen LogP contribution in [-0.4, -0.2) is 19.2 Å². The fraction of sp³-hybridized carbons (Fsp3) is 0.278. The molecule has 0 heterocycles. The molecular weight excluding hydrogens is 347 g/mol. The average Bonchev–Trinajstić information content (AvgIpc) is 3.02. The molecule has 4 nitrogen and oxygen atoms in total. The van der Waals surface area contributed by atoms with E-state index in [1.54, 1.807) is 18.2 Å². The first-order valence-electron chi connectivity index (χ1n) is 7.86. The number of halogens is 2. The number of hydrogen-bond acceptors (Lipinski definition) is 2. The molecule has 2 aromatic carbocycles. The molecule has 0 atom stereocenters. The highest BCUT2D eigenvalue weighted by atomic mass is 35.5. The van der Waals surface area contributed by atoms with Crippen molar-refractivity contribution in [1.29, 1.82) is 0 Å². The quantitative estimate of drug-likeness (QED) is 0.756. The fourth-order valence-electron chi connectivity index (χ4n) is 2.73. The molecule has 0 spiro atoms. The predicted molar refractivity (Wildman–Crippen MR) is 97.4 cm³/mol. The largest absolute Gasteiger partial charge is 0.492 e. The highest BCUT2D eigenvalue weighted by molar-refractivity contribution is 6.36. The zero-order chi connectivity index (χ0) is 16.9. The average molecular weight is 365 g/mol. The summed E-state index contributed by atoms with van der Waals surface area (Å²) in [5.74, 6) is 0.846. The number of aryl methyl sites for hydroxylation is 2. The Bertz CT molecular complexity index is 750. The van der Waals surface area contributed by atoms with Crippen molar-refractivity contribution >= 4 is 34.9 Å². The molecule has 2 amide bonds. The van der Waals surface area contributed by atoms with Crippen LogP contribution in [0.25, 0.3) is 0 Å². The van der Waals surface area contributed by atoms with Gasteiger partial charge in [-0.25, -0.2) is 4.79 Å². The van der Waals surface area contributed by atoms with Gasteiger partial charge in [0.1, 0.15) is 12.4 Å². The monoisotopic (exact) mass is 364 g/mol. The van der Waals surface area contributed by atoms with E-state index in [1.807, 2.05) is 6.07 Å². The summed E-state index contributed by atoms with van der Waals surface area (Å²) in [6.45, 7) is 0.800. The summed E-state index contributed by atoms with van der Waals surface area (Å²) in [7, 11) is 0. The summed E-state index contributed by atoms with van der Waals surface area (Å²) < 4.78 is 5.69. The standard InChI is InChI=1S/C18H18Cl2N2O2/c19-14-5-7-17(16(20)11-14)22-18(23)21-8-9-24-15-6-4-12-2-1-3-13(12)10-15/h4-7,10-11H,1-3,8-9H2,(H2,21,22,23). The van der Waals surface area contributed by atoms with Crippen LogP contribution in [0.1, 0.15) is 17.5 Å². The van der Waals surface area contributed by atoms with Crippen molar-refractivity contribution in [2.45, 2.75) is 19.3 Å². The Hall–Kier alpha value is -1.91. The van der Waals surface area contributed by atoms with Gasteiger partial charge < -0.3 is 15.4 Å². The molecule has 0 saturated heterocycles. The van der Waals surface area contributed by atoms with Crippen molar-refractivity contribution in [3.8, 4) is 5.75 Å². The van der Waals surface area contributed by atoms with E-state index >= 15 is 0 Å². The van der Waals surface area contributed by atoms with Crippen LogP contribution < -0.4 is 15.4 Å². The van der Waals surface area contributed by atoms with E-state index in [4.69, 9.17) is 27.9 Å². The Morgan fingerprint density at radius 2 is 1.92 bits per heavy atom. The maximum atomic E-state index is 11.8. The first-order chi connectivity index (χ1) is 11.6. The van der Waals surface area contributed by atoms with Crippen LogP contribution in [0.4, 0.5) is 10.5 Å². The third-order valence-corrected chi connectivity index (χ3v) is 4.45. The number of hydrogen-bond donors (Lipinski definition) is 2. The molecule has 2 N–H and O–H groups in total. The number of benzene rings is 2. The summed E-state index contributed by atoms with van der Waals surface area (Å²) >= 11 is 11.8. The van der Waals surface area contributed by atoms with Crippen molar-refractivity contribution in [3.63, 3.8) is 0 Å². The first-order valence-corrected chi connectivity index (χ1v) is 8.62. The van der Waals surface area contributed by atoms with Gasteiger partial charge in [-0.15, -0.1) is 0 Å². The number of carbonyl (C=O) groups is 1. The van der Waals surface area contributed by atoms with E-state index in [2.05, 4.69) is 22.8 Å². The van der Waals surface area contributed by atoms with Gasteiger partial charge in [-0.2, -0.15) is 0 Å². The first kappa shape index (κ1) is 16.9. The summed E-state index contributed by atoms with van der Waals surface area (Å²) in [5, 5.41) is 6.32. The topological polar surface area (TPSA) is 50.4 Å². The molecule has 1 aliphatic rings. The number of anilines is 1. The predicted octanol–water partition coefficient (Wildman–Crippen LogP) is 4.68. The third-order valence-electron chi connectivity index (χ3n) is 3.91. The van der Waals surface area contributed by atoms with Gasteiger partial charge in [0.05, 0.1) is 17.3 Å². The molecule has 6 heteroatoms. The SMILES string of the molecule is O=C(NCCOc1ccc2c(c1)CCC2)Nc1ccc(Cl)cc1Cl. The number of fused-ring (bicyclic) bond motifs is 1. The van der Waals surface area contributed by atoms with Crippen LogP contribution in [0.5, 0.6) is 5.75 Å². The van der Waals surface area contributed by atoms with Crippen molar-refractivity contribution in [3.05, 3.63) is 57.6 Å². The summed E-state index contributed by atoms with van der Waals surface area (Å²) in [4.78, 5) is 11.8. The van der Waals surface area contributed by atoms with Crippen LogP contribution in [0, 0.1) is 0 Å². The number of urea groups is 1. The van der Waals surface area contributed by atoms with E-state index in [0.29, 0.717) is 28.9 Å². The minimum absolute atomic E-state index is 0.336. The van der Waals surface area contributed by atoms with Gasteiger partial charge in [-0.05, 0) is 60.7 Å². The molecule has 0 radical (unpaired) electrons. The van der Waals surface area contributed by atoms with Gasteiger partial charge in [0.15, 0.2) is 0 Å². The molecule has 0 bridgehead atoms. The van der Waals surface area contributed by atoms with Crippen LogP contribution in [0.15, 0.2) is 36.4 Å². The Kier molecular flexibility index (Phi) is 5.48. The zero-order valence-corrected chi connectivity index (χ0v) is 14.6. The van der Waals surface area contributed by atoms with Crippen molar-refractivity contribution in [2.75, 3.05) is 18.5 Å². The van der Waals surface area contributed by atoms with Crippen LogP contribution in [-0.2, 0) is 12.8 Å². The van der Waals surface area contributed by atoms with E-state index in [1.165, 1.54) is 17.5 Å². The minimum atomic E-state index is -0.336. The third kappa shape index (κ3) is 4.34. The molecule has 0 saturated carbocycles. The second kappa shape index (κ2) is 7.77. The summed E-state index contributed by atoms with van der Waals surface area (Å²) in [6.07, 6.45) is 3.49. The minimum Gasteiger partial charge on any atom is -0.492 e. The van der Waals surface area contributed by atoms with Crippen molar-refractivity contribution < 1.29 is 9.53 Å².